The zero-order valence-corrected chi connectivity index (χ0v) is 12.5. The minimum Gasteiger partial charge on any atom is -0.455 e. The zero-order chi connectivity index (χ0) is 16.8. The minimum atomic E-state index is -1.45. The molecule has 8 heteroatoms. The second-order valence-corrected chi connectivity index (χ2v) is 5.49. The molecule has 2 bridgehead atoms. The molecule has 0 fully saturated rings. The van der Waals surface area contributed by atoms with Crippen LogP contribution in [0, 0.1) is 17.2 Å². The van der Waals surface area contributed by atoms with Crippen molar-refractivity contribution in [3.63, 3.8) is 0 Å². The van der Waals surface area contributed by atoms with Gasteiger partial charge in [0.05, 0.1) is 12.0 Å². The van der Waals surface area contributed by atoms with Gasteiger partial charge in [-0.15, -0.1) is 0 Å². The highest BCUT2D eigenvalue weighted by Gasteiger charge is 2.61. The Hall–Kier alpha value is -2.82. The van der Waals surface area contributed by atoms with Crippen molar-refractivity contribution in [2.75, 3.05) is 6.61 Å². The summed E-state index contributed by atoms with van der Waals surface area (Å²) in [5.74, 6) is -2.17. The van der Waals surface area contributed by atoms with E-state index in [2.05, 4.69) is 0 Å². The van der Waals surface area contributed by atoms with Crippen LogP contribution in [0.15, 0.2) is 4.42 Å². The van der Waals surface area contributed by atoms with Gasteiger partial charge in [0.15, 0.2) is 18.1 Å². The fraction of sp³-hybridized carbons (Fsp3) is 0.467. The van der Waals surface area contributed by atoms with Crippen molar-refractivity contribution < 1.29 is 33.0 Å². The number of nitrogens with zero attached hydrogens (tertiary/aromatic N) is 1. The highest BCUT2D eigenvalue weighted by Crippen LogP contribution is 2.56. The fourth-order valence-corrected chi connectivity index (χ4v) is 2.42. The summed E-state index contributed by atoms with van der Waals surface area (Å²) < 4.78 is 20.2. The maximum atomic E-state index is 11.8. The molecular weight excluding hydrogens is 306 g/mol. The number of hydrogen-bond donors (Lipinski definition) is 0. The maximum Gasteiger partial charge on any atom is 0.349 e. The van der Waals surface area contributed by atoms with Gasteiger partial charge in [-0.2, -0.15) is 5.26 Å². The van der Waals surface area contributed by atoms with Crippen molar-refractivity contribution in [1.29, 1.82) is 5.26 Å². The van der Waals surface area contributed by atoms with Gasteiger partial charge in [0.2, 0.25) is 16.9 Å². The van der Waals surface area contributed by atoms with Gasteiger partial charge < -0.3 is 18.6 Å². The summed E-state index contributed by atoms with van der Waals surface area (Å²) in [6.45, 7) is 2.96. The third-order valence-corrected chi connectivity index (χ3v) is 4.00. The van der Waals surface area contributed by atoms with Crippen molar-refractivity contribution in [2.24, 2.45) is 5.92 Å². The molecule has 23 heavy (non-hydrogen) atoms. The number of fused-ring (bicyclic) bond motifs is 1. The van der Waals surface area contributed by atoms with Gasteiger partial charge in [0.25, 0.3) is 0 Å². The Bertz CT molecular complexity index is 757. The number of esters is 3. The van der Waals surface area contributed by atoms with Crippen LogP contribution in [0.4, 0.5) is 0 Å². The van der Waals surface area contributed by atoms with E-state index in [1.165, 1.54) is 0 Å². The second-order valence-electron chi connectivity index (χ2n) is 5.49. The average Bonchev–Trinajstić information content (AvgIpc) is 3.13. The van der Waals surface area contributed by atoms with Gasteiger partial charge in [0.1, 0.15) is 0 Å². The van der Waals surface area contributed by atoms with E-state index >= 15 is 0 Å². The Morgan fingerprint density at radius 3 is 2.87 bits per heavy atom. The van der Waals surface area contributed by atoms with Crippen LogP contribution < -0.4 is 9.47 Å². The van der Waals surface area contributed by atoms with Gasteiger partial charge >= 0.3 is 17.9 Å². The molecule has 2 unspecified atom stereocenters. The van der Waals surface area contributed by atoms with Crippen LogP contribution in [0.25, 0.3) is 0 Å². The number of rotatable bonds is 5. The number of hydrogen-bond acceptors (Lipinski definition) is 8. The molecular formula is C15H13NO7. The summed E-state index contributed by atoms with van der Waals surface area (Å²) in [6.07, 6.45) is 0.565. The first-order chi connectivity index (χ1) is 10.9. The Kier molecular flexibility index (Phi) is 3.36. The standard InChI is InChI=1S/C15H13NO7/c1-3-7(2)13(18)20-5-9(17)22-10-8-4-15(6-16)12(21-8)11(10)23-14(15)19/h7H,3-5H2,1-2H3. The molecule has 1 aromatic rings. The quantitative estimate of drug-likeness (QED) is 0.738. The van der Waals surface area contributed by atoms with Gasteiger partial charge in [-0.3, -0.25) is 4.79 Å². The van der Waals surface area contributed by atoms with Crippen LogP contribution in [-0.2, 0) is 31.0 Å². The van der Waals surface area contributed by atoms with Crippen molar-refractivity contribution in [3.05, 3.63) is 11.5 Å². The molecule has 0 saturated carbocycles. The predicted molar refractivity (Wildman–Crippen MR) is 71.4 cm³/mol. The largest absolute Gasteiger partial charge is 0.455 e. The van der Waals surface area contributed by atoms with Crippen LogP contribution >= 0.6 is 0 Å². The molecule has 0 radical (unpaired) electrons. The predicted octanol–water partition coefficient (Wildman–Crippen LogP) is 1.01. The number of carbonyl (C=O) groups excluding carboxylic acids is 3. The number of furan rings is 1. The van der Waals surface area contributed by atoms with Gasteiger partial charge in [0, 0.05) is 6.42 Å². The van der Waals surface area contributed by atoms with E-state index in [-0.39, 0.29) is 35.4 Å². The molecule has 2 atom stereocenters. The van der Waals surface area contributed by atoms with E-state index in [9.17, 15) is 19.6 Å². The van der Waals surface area contributed by atoms with Crippen LogP contribution in [0.5, 0.6) is 11.5 Å². The first-order valence-corrected chi connectivity index (χ1v) is 7.10. The molecule has 0 spiro atoms. The molecule has 2 aliphatic rings. The molecule has 0 amide bonds. The fourth-order valence-electron chi connectivity index (χ4n) is 2.42. The Morgan fingerprint density at radius 1 is 1.48 bits per heavy atom. The van der Waals surface area contributed by atoms with Crippen LogP contribution in [0.2, 0.25) is 0 Å². The molecule has 0 N–H and O–H groups in total. The average molecular weight is 319 g/mol. The number of carbonyl (C=O) groups is 3. The summed E-state index contributed by atoms with van der Waals surface area (Å²) in [7, 11) is 0. The highest BCUT2D eigenvalue weighted by molar-refractivity contribution is 5.96. The van der Waals surface area contributed by atoms with Crippen LogP contribution in [0.1, 0.15) is 31.8 Å². The lowest BCUT2D eigenvalue weighted by Gasteiger charge is -2.10. The van der Waals surface area contributed by atoms with Gasteiger partial charge in [-0.05, 0) is 6.42 Å². The molecule has 3 rings (SSSR count). The van der Waals surface area contributed by atoms with E-state index in [0.717, 1.165) is 0 Å². The number of nitriles is 1. The zero-order valence-electron chi connectivity index (χ0n) is 12.5. The topological polar surface area (TPSA) is 116 Å². The van der Waals surface area contributed by atoms with Crippen LogP contribution in [-0.4, -0.2) is 24.5 Å². The molecule has 0 saturated heterocycles. The van der Waals surface area contributed by atoms with Gasteiger partial charge in [-0.1, -0.05) is 13.8 Å². The first kappa shape index (κ1) is 15.1. The Labute approximate surface area is 130 Å². The Balaban J connectivity index is 1.68. The van der Waals surface area contributed by atoms with E-state index in [0.29, 0.717) is 6.42 Å². The first-order valence-electron chi connectivity index (χ1n) is 7.10. The lowest BCUT2D eigenvalue weighted by molar-refractivity contribution is -0.156. The second kappa shape index (κ2) is 5.12. The Morgan fingerprint density at radius 2 is 2.22 bits per heavy atom. The summed E-state index contributed by atoms with van der Waals surface area (Å²) in [6, 6.07) is 1.88. The van der Waals surface area contributed by atoms with Crippen molar-refractivity contribution in [2.45, 2.75) is 32.1 Å². The van der Waals surface area contributed by atoms with E-state index < -0.39 is 29.9 Å². The van der Waals surface area contributed by atoms with Gasteiger partial charge in [-0.25, -0.2) is 9.59 Å². The maximum absolute atomic E-state index is 11.8. The van der Waals surface area contributed by atoms with E-state index in [1.807, 2.05) is 13.0 Å². The molecule has 120 valence electrons. The minimum absolute atomic E-state index is 0.0266. The SMILES string of the molecule is CCC(C)C(=O)OCC(=O)Oc1c2oc3c1OC(=O)C3(C#N)C2. The lowest BCUT2D eigenvalue weighted by Crippen LogP contribution is -2.31. The third kappa shape index (κ3) is 2.08. The molecule has 8 nitrogen and oxygen atoms in total. The summed E-state index contributed by atoms with van der Waals surface area (Å²) in [5.41, 5.74) is -1.45. The summed E-state index contributed by atoms with van der Waals surface area (Å²) >= 11 is 0. The molecule has 2 aliphatic heterocycles. The number of ether oxygens (including phenoxy) is 3. The van der Waals surface area contributed by atoms with Crippen molar-refractivity contribution in [1.82, 2.24) is 0 Å². The summed E-state index contributed by atoms with van der Waals surface area (Å²) in [5, 5.41) is 9.17. The van der Waals surface area contributed by atoms with Crippen LogP contribution in [0.3, 0.4) is 0 Å². The molecule has 0 aliphatic carbocycles. The van der Waals surface area contributed by atoms with E-state index in [4.69, 9.17) is 18.6 Å². The highest BCUT2D eigenvalue weighted by atomic mass is 16.6. The molecule has 3 heterocycles. The molecule has 0 aromatic carbocycles. The lowest BCUT2D eigenvalue weighted by atomic mass is 9.83. The smallest absolute Gasteiger partial charge is 0.349 e. The summed E-state index contributed by atoms with van der Waals surface area (Å²) in [4.78, 5) is 35.1. The van der Waals surface area contributed by atoms with Crippen molar-refractivity contribution in [3.8, 4) is 17.6 Å². The monoisotopic (exact) mass is 319 g/mol. The van der Waals surface area contributed by atoms with E-state index in [1.54, 1.807) is 6.92 Å². The molecule has 1 aromatic heterocycles. The normalized spacial score (nSPS) is 21.5. The van der Waals surface area contributed by atoms with Crippen molar-refractivity contribution >= 4 is 17.9 Å². The third-order valence-electron chi connectivity index (χ3n) is 4.00.